The molecule has 1 rings (SSSR count). The van der Waals surface area contributed by atoms with E-state index in [1.165, 1.54) is 0 Å². The predicted molar refractivity (Wildman–Crippen MR) is 63.7 cm³/mol. The Balaban J connectivity index is 2.60. The lowest BCUT2D eigenvalue weighted by atomic mass is 10.0. The fraction of sp³-hybridized carbons (Fsp3) is 1.00. The van der Waals surface area contributed by atoms with Gasteiger partial charge in [-0.2, -0.15) is 8.78 Å². The van der Waals surface area contributed by atoms with E-state index in [0.717, 1.165) is 25.7 Å². The molecule has 10 heteroatoms. The molecule has 0 aromatic rings. The maximum Gasteiger partial charge on any atom is 0.346 e. The van der Waals surface area contributed by atoms with Gasteiger partial charge in [-0.3, -0.25) is 0 Å². The van der Waals surface area contributed by atoms with Crippen LogP contribution in [0.3, 0.4) is 0 Å². The third-order valence-electron chi connectivity index (χ3n) is 3.02. The Bertz CT molecular complexity index is 494. The van der Waals surface area contributed by atoms with Crippen molar-refractivity contribution in [1.82, 2.24) is 0 Å². The molecule has 1 atom stereocenters. The molecule has 0 saturated heterocycles. The minimum atomic E-state index is -5.11. The molecule has 0 aromatic heterocycles. The smallest absolute Gasteiger partial charge is 0.211 e. The van der Waals surface area contributed by atoms with Gasteiger partial charge in [0.2, 0.25) is 0 Å². The largest absolute Gasteiger partial charge is 0.346 e. The van der Waals surface area contributed by atoms with Crippen molar-refractivity contribution in [3.05, 3.63) is 0 Å². The molecule has 0 N–H and O–H groups in total. The number of nitrogens with zero attached hydrogens (tertiary/aromatic N) is 1. The molecule has 1 saturated carbocycles. The Morgan fingerprint density at radius 2 is 1.79 bits per heavy atom. The lowest BCUT2D eigenvalue weighted by molar-refractivity contribution is -0.000781. The molecule has 1 aliphatic rings. The third-order valence-corrected chi connectivity index (χ3v) is 6.20. The van der Waals surface area contributed by atoms with Crippen molar-refractivity contribution in [2.75, 3.05) is 5.75 Å². The first-order valence-corrected chi connectivity index (χ1v) is 8.98. The van der Waals surface area contributed by atoms with Gasteiger partial charge >= 0.3 is 5.76 Å². The van der Waals surface area contributed by atoms with E-state index in [1.807, 2.05) is 0 Å². The Morgan fingerprint density at radius 3 is 2.26 bits per heavy atom. The van der Waals surface area contributed by atoms with Crippen molar-refractivity contribution < 1.29 is 30.3 Å². The second-order valence-corrected chi connectivity index (χ2v) is 8.17. The maximum atomic E-state index is 12.2. The Kier molecular flexibility index (Phi) is 6.06. The van der Waals surface area contributed by atoms with Crippen LogP contribution in [0.25, 0.3) is 0 Å². The van der Waals surface area contributed by atoms with Crippen LogP contribution in [0.4, 0.5) is 13.3 Å². The Morgan fingerprint density at radius 1 is 1.21 bits per heavy atom. The molecule has 0 aromatic carbocycles. The lowest BCUT2D eigenvalue weighted by Crippen LogP contribution is -2.15. The van der Waals surface area contributed by atoms with Crippen LogP contribution in [0, 0.1) is 5.92 Å². The highest BCUT2D eigenvalue weighted by Gasteiger charge is 2.28. The molecule has 5 nitrogen and oxygen atoms in total. The van der Waals surface area contributed by atoms with Gasteiger partial charge in [0.15, 0.2) is 0 Å². The SMILES string of the molecule is O=S(=O)(CCCC1CCCC1)N=S(=O)(OF)C(F)F. The second kappa shape index (κ2) is 6.89. The molecule has 1 unspecified atom stereocenters. The van der Waals surface area contributed by atoms with Crippen molar-refractivity contribution in [1.29, 1.82) is 0 Å². The highest BCUT2D eigenvalue weighted by molar-refractivity contribution is 8.01. The van der Waals surface area contributed by atoms with Gasteiger partial charge in [0.1, 0.15) is 0 Å². The van der Waals surface area contributed by atoms with Crippen LogP contribution in [0.5, 0.6) is 0 Å². The highest BCUT2D eigenvalue weighted by atomic mass is 32.3. The van der Waals surface area contributed by atoms with Crippen LogP contribution in [0.1, 0.15) is 38.5 Å². The summed E-state index contributed by atoms with van der Waals surface area (Å²) in [6.45, 7) is 0. The first-order chi connectivity index (χ1) is 8.79. The number of hydrogen-bond donors (Lipinski definition) is 0. The van der Waals surface area contributed by atoms with Crippen molar-refractivity contribution >= 4 is 20.0 Å². The fourth-order valence-electron chi connectivity index (χ4n) is 2.12. The molecule has 1 fully saturated rings. The number of halogens is 3. The molecule has 0 aliphatic heterocycles. The summed E-state index contributed by atoms with van der Waals surface area (Å²) in [5.74, 6) is -3.91. The van der Waals surface area contributed by atoms with Gasteiger partial charge < -0.3 is 0 Å². The van der Waals surface area contributed by atoms with Crippen LogP contribution in [-0.4, -0.2) is 24.1 Å². The molecule has 1 aliphatic carbocycles. The zero-order chi connectivity index (χ0) is 14.5. The number of sulfonamides is 1. The molecule has 0 heterocycles. The van der Waals surface area contributed by atoms with Gasteiger partial charge in [-0.25, -0.2) is 12.6 Å². The molecule has 19 heavy (non-hydrogen) atoms. The summed E-state index contributed by atoms with van der Waals surface area (Å²) in [5.41, 5.74) is 0. The number of alkyl halides is 2. The van der Waals surface area contributed by atoms with Crippen LogP contribution in [-0.2, 0) is 24.4 Å². The van der Waals surface area contributed by atoms with E-state index in [9.17, 15) is 25.9 Å². The minimum absolute atomic E-state index is 0.224. The lowest BCUT2D eigenvalue weighted by Gasteiger charge is -2.07. The summed E-state index contributed by atoms with van der Waals surface area (Å²) in [4.78, 5) is 0. The fourth-order valence-corrected chi connectivity index (χ4v) is 4.62. The zero-order valence-electron chi connectivity index (χ0n) is 10.1. The molecule has 0 spiro atoms. The standard InChI is InChI=1S/C9H16F3NO4S2/c10-9(11)19(16,17-12)13-18(14,15)7-3-6-8-4-1-2-5-8/h8-9H,1-7H2. The molecular weight excluding hydrogens is 307 g/mol. The first kappa shape index (κ1) is 16.7. The van der Waals surface area contributed by atoms with Crippen LogP contribution in [0.15, 0.2) is 3.77 Å². The average molecular weight is 323 g/mol. The monoisotopic (exact) mass is 323 g/mol. The number of hydrogen-bond acceptors (Lipinski definition) is 4. The van der Waals surface area contributed by atoms with Crippen LogP contribution < -0.4 is 0 Å². The highest BCUT2D eigenvalue weighted by Crippen LogP contribution is 2.28. The average Bonchev–Trinajstić information content (AvgIpc) is 2.80. The van der Waals surface area contributed by atoms with Crippen LogP contribution in [0.2, 0.25) is 0 Å². The van der Waals surface area contributed by atoms with Gasteiger partial charge in [-0.1, -0.05) is 33.8 Å². The Hall–Kier alpha value is -0.350. The van der Waals surface area contributed by atoms with Crippen molar-refractivity contribution in [2.24, 2.45) is 9.69 Å². The van der Waals surface area contributed by atoms with E-state index in [0.29, 0.717) is 12.3 Å². The predicted octanol–water partition coefficient (Wildman–Crippen LogP) is 2.79. The Labute approximate surface area is 110 Å². The number of rotatable bonds is 7. The van der Waals surface area contributed by atoms with E-state index >= 15 is 0 Å². The molecule has 0 radical (unpaired) electrons. The van der Waals surface area contributed by atoms with Crippen molar-refractivity contribution in [3.63, 3.8) is 0 Å². The molecule has 114 valence electrons. The van der Waals surface area contributed by atoms with Crippen LogP contribution >= 0.6 is 0 Å². The molecule has 0 bridgehead atoms. The second-order valence-electron chi connectivity index (χ2n) is 4.49. The van der Waals surface area contributed by atoms with Crippen molar-refractivity contribution in [3.8, 4) is 0 Å². The van der Waals surface area contributed by atoms with Gasteiger partial charge in [0, 0.05) is 0 Å². The summed E-state index contributed by atoms with van der Waals surface area (Å²) in [7, 11) is -9.50. The molecular formula is C9H16F3NO4S2. The zero-order valence-corrected chi connectivity index (χ0v) is 11.8. The first-order valence-electron chi connectivity index (χ1n) is 5.87. The van der Waals surface area contributed by atoms with E-state index in [2.05, 4.69) is 8.16 Å². The van der Waals surface area contributed by atoms with E-state index < -0.39 is 31.5 Å². The summed E-state index contributed by atoms with van der Waals surface area (Å²) in [6.07, 6.45) is 5.13. The quantitative estimate of drug-likeness (QED) is 0.722. The van der Waals surface area contributed by atoms with Gasteiger partial charge in [0.05, 0.1) is 5.75 Å². The normalized spacial score (nSPS) is 20.6. The van der Waals surface area contributed by atoms with E-state index in [-0.39, 0.29) is 6.42 Å². The summed E-state index contributed by atoms with van der Waals surface area (Å²) >= 11 is 0. The minimum Gasteiger partial charge on any atom is -0.211 e. The third kappa shape index (κ3) is 5.27. The van der Waals surface area contributed by atoms with E-state index in [4.69, 9.17) is 0 Å². The summed E-state index contributed by atoms with van der Waals surface area (Å²) < 4.78 is 74.8. The van der Waals surface area contributed by atoms with Gasteiger partial charge in [0.25, 0.3) is 20.0 Å². The topological polar surface area (TPSA) is 72.8 Å². The van der Waals surface area contributed by atoms with Gasteiger partial charge in [-0.05, 0) is 23.3 Å². The molecule has 0 amide bonds. The van der Waals surface area contributed by atoms with Crippen molar-refractivity contribution in [2.45, 2.75) is 44.3 Å². The summed E-state index contributed by atoms with van der Waals surface area (Å²) in [6, 6.07) is 0. The van der Waals surface area contributed by atoms with E-state index in [1.54, 1.807) is 0 Å². The van der Waals surface area contributed by atoms with Gasteiger partial charge in [-0.15, -0.1) is 0 Å². The summed E-state index contributed by atoms with van der Waals surface area (Å²) in [5, 5.41) is 0. The maximum absolute atomic E-state index is 12.2.